The number of thiocarbonyl (C=S) groups is 1. The minimum Gasteiger partial charge on any atom is -0.460 e. The number of rotatable bonds is 5. The molecule has 0 amide bonds. The maximum absolute atomic E-state index is 5.73. The van der Waals surface area contributed by atoms with Crippen LogP contribution >= 0.6 is 12.2 Å². The lowest BCUT2D eigenvalue weighted by Gasteiger charge is -2.11. The molecule has 0 aromatic carbocycles. The molecule has 6 heteroatoms. The molecular weight excluding hydrogens is 286 g/mol. The summed E-state index contributed by atoms with van der Waals surface area (Å²) in [6.45, 7) is 3.82. The van der Waals surface area contributed by atoms with Crippen LogP contribution in [0.5, 0.6) is 0 Å². The Morgan fingerprint density at radius 1 is 1.52 bits per heavy atom. The number of furan rings is 1. The van der Waals surface area contributed by atoms with Crippen LogP contribution < -0.4 is 10.7 Å². The SMILES string of the molecule is C[C@@H]1C[C@@H]1c1ccc(/C=N\NC(=S)NC[C@@H]2CCCO2)o1. The third-order valence-corrected chi connectivity index (χ3v) is 4.23. The van der Waals surface area contributed by atoms with Gasteiger partial charge in [-0.05, 0) is 49.5 Å². The number of hydrazone groups is 1. The molecule has 2 fully saturated rings. The van der Waals surface area contributed by atoms with Gasteiger partial charge in [-0.25, -0.2) is 0 Å². The highest BCUT2D eigenvalue weighted by atomic mass is 32.1. The van der Waals surface area contributed by atoms with Crippen molar-refractivity contribution in [3.8, 4) is 0 Å². The van der Waals surface area contributed by atoms with Crippen molar-refractivity contribution in [2.45, 2.75) is 38.2 Å². The molecule has 1 saturated carbocycles. The zero-order valence-corrected chi connectivity index (χ0v) is 13.0. The predicted octanol–water partition coefficient (Wildman–Crippen LogP) is 2.38. The van der Waals surface area contributed by atoms with E-state index >= 15 is 0 Å². The molecule has 0 unspecified atom stereocenters. The first-order valence-corrected chi connectivity index (χ1v) is 7.91. The molecule has 1 saturated heterocycles. The second-order valence-corrected chi connectivity index (χ2v) is 6.18. The third-order valence-electron chi connectivity index (χ3n) is 3.99. The molecule has 0 spiro atoms. The van der Waals surface area contributed by atoms with Gasteiger partial charge in [0.1, 0.15) is 11.5 Å². The molecule has 3 atom stereocenters. The minimum atomic E-state index is 0.266. The Morgan fingerprint density at radius 3 is 3.10 bits per heavy atom. The van der Waals surface area contributed by atoms with E-state index < -0.39 is 0 Å². The summed E-state index contributed by atoms with van der Waals surface area (Å²) < 4.78 is 11.2. The summed E-state index contributed by atoms with van der Waals surface area (Å²) in [5.74, 6) is 3.14. The molecule has 0 bridgehead atoms. The van der Waals surface area contributed by atoms with Crippen LogP contribution in [0.15, 0.2) is 21.7 Å². The van der Waals surface area contributed by atoms with E-state index in [1.807, 2.05) is 12.1 Å². The van der Waals surface area contributed by atoms with Crippen LogP contribution in [0.1, 0.15) is 43.6 Å². The quantitative estimate of drug-likeness (QED) is 0.497. The highest BCUT2D eigenvalue weighted by Crippen LogP contribution is 2.47. The largest absolute Gasteiger partial charge is 0.460 e. The van der Waals surface area contributed by atoms with Gasteiger partial charge in [0.25, 0.3) is 0 Å². The van der Waals surface area contributed by atoms with E-state index in [0.29, 0.717) is 11.0 Å². The van der Waals surface area contributed by atoms with Gasteiger partial charge in [-0.15, -0.1) is 0 Å². The van der Waals surface area contributed by atoms with Crippen LogP contribution in [0.4, 0.5) is 0 Å². The Morgan fingerprint density at radius 2 is 2.38 bits per heavy atom. The van der Waals surface area contributed by atoms with E-state index in [0.717, 1.165) is 43.4 Å². The lowest BCUT2D eigenvalue weighted by Crippen LogP contribution is -2.37. The Kier molecular flexibility index (Phi) is 4.55. The Balaban J connectivity index is 1.39. The third kappa shape index (κ3) is 4.04. The van der Waals surface area contributed by atoms with E-state index in [-0.39, 0.29) is 6.10 Å². The molecule has 1 aromatic heterocycles. The fourth-order valence-corrected chi connectivity index (χ4v) is 2.70. The molecular formula is C15H21N3O2S. The van der Waals surface area contributed by atoms with Gasteiger partial charge in [-0.1, -0.05) is 6.92 Å². The number of hydrogen-bond donors (Lipinski definition) is 2. The number of nitrogens with one attached hydrogen (secondary N) is 2. The number of hydrogen-bond acceptors (Lipinski definition) is 4. The molecule has 114 valence electrons. The predicted molar refractivity (Wildman–Crippen MR) is 85.5 cm³/mol. The van der Waals surface area contributed by atoms with Gasteiger partial charge in [0.2, 0.25) is 0 Å². The Bertz CT molecular complexity index is 523. The van der Waals surface area contributed by atoms with E-state index in [1.165, 1.54) is 6.42 Å². The van der Waals surface area contributed by atoms with Gasteiger partial charge in [-0.2, -0.15) is 5.10 Å². The summed E-state index contributed by atoms with van der Waals surface area (Å²) in [6.07, 6.45) is 5.36. The fourth-order valence-electron chi connectivity index (χ4n) is 2.56. The van der Waals surface area contributed by atoms with Crippen LogP contribution in [0.2, 0.25) is 0 Å². The Labute approximate surface area is 130 Å². The Hall–Kier alpha value is -1.40. The van der Waals surface area contributed by atoms with Crippen LogP contribution in [0.3, 0.4) is 0 Å². The number of ether oxygens (including phenoxy) is 1. The summed E-state index contributed by atoms with van der Waals surface area (Å²) in [4.78, 5) is 0. The molecule has 2 N–H and O–H groups in total. The highest BCUT2D eigenvalue weighted by Gasteiger charge is 2.36. The molecule has 3 rings (SSSR count). The van der Waals surface area contributed by atoms with Crippen molar-refractivity contribution in [2.75, 3.05) is 13.2 Å². The van der Waals surface area contributed by atoms with Crippen molar-refractivity contribution in [1.82, 2.24) is 10.7 Å². The van der Waals surface area contributed by atoms with Gasteiger partial charge in [0.05, 0.1) is 12.3 Å². The van der Waals surface area contributed by atoms with Crippen molar-refractivity contribution in [1.29, 1.82) is 0 Å². The van der Waals surface area contributed by atoms with E-state index in [2.05, 4.69) is 22.8 Å². The zero-order chi connectivity index (χ0) is 14.7. The monoisotopic (exact) mass is 307 g/mol. The molecule has 21 heavy (non-hydrogen) atoms. The average Bonchev–Trinajstić information content (AvgIpc) is 2.90. The van der Waals surface area contributed by atoms with Crippen molar-refractivity contribution < 1.29 is 9.15 Å². The lowest BCUT2D eigenvalue weighted by molar-refractivity contribution is 0.114. The van der Waals surface area contributed by atoms with Gasteiger partial charge in [0.15, 0.2) is 5.11 Å². The molecule has 2 heterocycles. The summed E-state index contributed by atoms with van der Waals surface area (Å²) in [5, 5.41) is 7.69. The summed E-state index contributed by atoms with van der Waals surface area (Å²) in [5.41, 5.74) is 2.79. The first-order chi connectivity index (χ1) is 10.2. The minimum absolute atomic E-state index is 0.266. The summed E-state index contributed by atoms with van der Waals surface area (Å²) in [7, 11) is 0. The lowest BCUT2D eigenvalue weighted by atomic mass is 10.2. The van der Waals surface area contributed by atoms with E-state index in [9.17, 15) is 0 Å². The topological polar surface area (TPSA) is 58.8 Å². The van der Waals surface area contributed by atoms with Crippen LogP contribution in [0.25, 0.3) is 0 Å². The molecule has 1 aromatic rings. The first kappa shape index (κ1) is 14.5. The van der Waals surface area contributed by atoms with Gasteiger partial charge in [0, 0.05) is 19.1 Å². The highest BCUT2D eigenvalue weighted by molar-refractivity contribution is 7.80. The summed E-state index contributed by atoms with van der Waals surface area (Å²) in [6, 6.07) is 3.97. The van der Waals surface area contributed by atoms with E-state index in [4.69, 9.17) is 21.4 Å². The molecule has 5 nitrogen and oxygen atoms in total. The van der Waals surface area contributed by atoms with Crippen molar-refractivity contribution >= 4 is 23.5 Å². The number of nitrogens with zero attached hydrogens (tertiary/aromatic N) is 1. The molecule has 1 aliphatic heterocycles. The maximum Gasteiger partial charge on any atom is 0.187 e. The van der Waals surface area contributed by atoms with Gasteiger partial charge >= 0.3 is 0 Å². The second-order valence-electron chi connectivity index (χ2n) is 5.77. The maximum atomic E-state index is 5.73. The molecule has 0 radical (unpaired) electrons. The fraction of sp³-hybridized carbons (Fsp3) is 0.600. The van der Waals surface area contributed by atoms with Crippen molar-refractivity contribution in [3.05, 3.63) is 23.7 Å². The smallest absolute Gasteiger partial charge is 0.187 e. The summed E-state index contributed by atoms with van der Waals surface area (Å²) >= 11 is 5.15. The zero-order valence-electron chi connectivity index (χ0n) is 12.2. The van der Waals surface area contributed by atoms with Crippen LogP contribution in [0, 0.1) is 5.92 Å². The average molecular weight is 307 g/mol. The molecule has 2 aliphatic rings. The van der Waals surface area contributed by atoms with Crippen LogP contribution in [-0.2, 0) is 4.74 Å². The first-order valence-electron chi connectivity index (χ1n) is 7.50. The van der Waals surface area contributed by atoms with Crippen LogP contribution in [-0.4, -0.2) is 30.6 Å². The van der Waals surface area contributed by atoms with Gasteiger partial charge < -0.3 is 14.5 Å². The standard InChI is InChI=1S/C15H21N3O2S/c1-10-7-13(10)14-5-4-12(20-14)9-17-18-15(21)16-8-11-3-2-6-19-11/h4-5,9-11,13H,2-3,6-8H2,1H3,(H2,16,18,21)/b17-9-/t10-,11+,13+/m1/s1. The van der Waals surface area contributed by atoms with Crippen molar-refractivity contribution in [2.24, 2.45) is 11.0 Å². The van der Waals surface area contributed by atoms with Gasteiger partial charge in [-0.3, -0.25) is 5.43 Å². The normalized spacial score (nSPS) is 28.0. The molecule has 1 aliphatic carbocycles. The van der Waals surface area contributed by atoms with E-state index in [1.54, 1.807) is 6.21 Å². The van der Waals surface area contributed by atoms with Crippen molar-refractivity contribution in [3.63, 3.8) is 0 Å². The second kappa shape index (κ2) is 6.58.